The van der Waals surface area contributed by atoms with Crippen LogP contribution in [0.3, 0.4) is 0 Å². The van der Waals surface area contributed by atoms with Crippen molar-refractivity contribution >= 4 is 29.0 Å². The van der Waals surface area contributed by atoms with Crippen LogP contribution >= 0.6 is 23.2 Å². The van der Waals surface area contributed by atoms with E-state index >= 15 is 0 Å². The molecular weight excluding hydrogens is 261 g/mol. The van der Waals surface area contributed by atoms with Gasteiger partial charge in [0.25, 0.3) is 0 Å². The van der Waals surface area contributed by atoms with Crippen LogP contribution in [0.2, 0.25) is 10.0 Å². The Kier molecular flexibility index (Phi) is 3.17. The molecule has 4 nitrogen and oxygen atoms in total. The average molecular weight is 272 g/mol. The van der Waals surface area contributed by atoms with Crippen LogP contribution in [-0.2, 0) is 0 Å². The third kappa shape index (κ3) is 2.06. The van der Waals surface area contributed by atoms with Crippen LogP contribution in [0.1, 0.15) is 5.69 Å². The van der Waals surface area contributed by atoms with Gasteiger partial charge in [0.05, 0.1) is 22.8 Å². The molecule has 0 spiro atoms. The first-order chi connectivity index (χ1) is 8.04. The lowest BCUT2D eigenvalue weighted by Crippen LogP contribution is -1.91. The number of nitrogens with one attached hydrogen (secondary N) is 1. The Balaban J connectivity index is 2.68. The highest BCUT2D eigenvalue weighted by Gasteiger charge is 2.17. The fourth-order valence-electron chi connectivity index (χ4n) is 1.67. The topological polar surface area (TPSA) is 63.9 Å². The van der Waals surface area contributed by atoms with Crippen LogP contribution in [-0.4, -0.2) is 17.3 Å². The molecule has 0 saturated heterocycles. The molecule has 17 heavy (non-hydrogen) atoms. The van der Waals surface area contributed by atoms with E-state index in [2.05, 4.69) is 10.2 Å². The van der Waals surface area contributed by atoms with E-state index in [1.165, 1.54) is 0 Å². The molecule has 2 rings (SSSR count). The maximum atomic E-state index is 6.19. The highest BCUT2D eigenvalue weighted by atomic mass is 35.5. The second-order valence-electron chi connectivity index (χ2n) is 3.56. The zero-order valence-corrected chi connectivity index (χ0v) is 10.9. The van der Waals surface area contributed by atoms with E-state index in [-0.39, 0.29) is 0 Å². The summed E-state index contributed by atoms with van der Waals surface area (Å²) in [6, 6.07) is 3.38. The van der Waals surface area contributed by atoms with Crippen molar-refractivity contribution < 1.29 is 4.74 Å². The fourth-order valence-corrected chi connectivity index (χ4v) is 2.33. The van der Waals surface area contributed by atoms with Crippen molar-refractivity contribution in [2.45, 2.75) is 6.92 Å². The number of aromatic amines is 1. The molecule has 1 aromatic carbocycles. The molecule has 0 bridgehead atoms. The highest BCUT2D eigenvalue weighted by Crippen LogP contribution is 2.41. The summed E-state index contributed by atoms with van der Waals surface area (Å²) in [6.45, 7) is 1.83. The van der Waals surface area contributed by atoms with Crippen molar-refractivity contribution in [1.29, 1.82) is 0 Å². The molecule has 2 aromatic rings. The molecule has 0 aliphatic heterocycles. The zero-order valence-electron chi connectivity index (χ0n) is 9.34. The molecule has 1 aromatic heterocycles. The van der Waals surface area contributed by atoms with Crippen molar-refractivity contribution in [3.8, 4) is 16.9 Å². The maximum Gasteiger partial charge on any atom is 0.127 e. The van der Waals surface area contributed by atoms with Crippen molar-refractivity contribution in [2.24, 2.45) is 0 Å². The Morgan fingerprint density at radius 1 is 1.24 bits per heavy atom. The predicted molar refractivity (Wildman–Crippen MR) is 69.7 cm³/mol. The number of anilines is 1. The molecule has 1 heterocycles. The van der Waals surface area contributed by atoms with Gasteiger partial charge in [0.15, 0.2) is 0 Å². The monoisotopic (exact) mass is 271 g/mol. The summed E-state index contributed by atoms with van der Waals surface area (Å²) in [5.74, 6) is 1.04. The predicted octanol–water partition coefficient (Wildman–Crippen LogP) is 3.28. The molecule has 0 unspecified atom stereocenters. The van der Waals surface area contributed by atoms with Gasteiger partial charge in [-0.1, -0.05) is 23.2 Å². The van der Waals surface area contributed by atoms with Gasteiger partial charge in [0, 0.05) is 11.1 Å². The molecule has 3 N–H and O–H groups in total. The summed E-state index contributed by atoms with van der Waals surface area (Å²) >= 11 is 12.4. The summed E-state index contributed by atoms with van der Waals surface area (Å²) in [4.78, 5) is 0. The van der Waals surface area contributed by atoms with Gasteiger partial charge < -0.3 is 10.5 Å². The number of hydrogen-bond donors (Lipinski definition) is 2. The van der Waals surface area contributed by atoms with E-state index < -0.39 is 0 Å². The van der Waals surface area contributed by atoms with Crippen LogP contribution < -0.4 is 10.5 Å². The molecule has 0 radical (unpaired) electrons. The summed E-state index contributed by atoms with van der Waals surface area (Å²) in [6.07, 6.45) is 0. The molecule has 6 heteroatoms. The van der Waals surface area contributed by atoms with Gasteiger partial charge in [-0.3, -0.25) is 5.10 Å². The number of nitrogens with zero attached hydrogens (tertiary/aromatic N) is 1. The SMILES string of the molecule is COc1cc(Cl)c(-c2c(C)n[nH]c2N)c(Cl)c1. The second kappa shape index (κ2) is 4.47. The lowest BCUT2D eigenvalue weighted by molar-refractivity contribution is 0.415. The normalized spacial score (nSPS) is 10.6. The number of nitrogen functional groups attached to an aromatic ring is 1. The van der Waals surface area contributed by atoms with Crippen molar-refractivity contribution in [3.05, 3.63) is 27.9 Å². The zero-order chi connectivity index (χ0) is 12.6. The highest BCUT2D eigenvalue weighted by molar-refractivity contribution is 6.39. The molecule has 0 fully saturated rings. The molecule has 0 atom stereocenters. The van der Waals surface area contributed by atoms with Gasteiger partial charge in [0.1, 0.15) is 11.6 Å². The van der Waals surface area contributed by atoms with E-state index in [1.807, 2.05) is 6.92 Å². The summed E-state index contributed by atoms with van der Waals surface area (Å²) in [5, 5.41) is 7.67. The molecule has 0 saturated carbocycles. The van der Waals surface area contributed by atoms with Crippen LogP contribution in [0, 0.1) is 6.92 Å². The Bertz CT molecular complexity index is 523. The van der Waals surface area contributed by atoms with Gasteiger partial charge >= 0.3 is 0 Å². The first kappa shape index (κ1) is 12.1. The quantitative estimate of drug-likeness (QED) is 0.881. The summed E-state index contributed by atoms with van der Waals surface area (Å²) < 4.78 is 5.09. The summed E-state index contributed by atoms with van der Waals surface area (Å²) in [7, 11) is 1.55. The first-order valence-corrected chi connectivity index (χ1v) is 5.64. The number of methoxy groups -OCH3 is 1. The Labute approximate surface area is 109 Å². The Hall–Kier alpha value is -1.39. The number of hydrogen-bond acceptors (Lipinski definition) is 3. The number of benzene rings is 1. The third-order valence-electron chi connectivity index (χ3n) is 2.48. The average Bonchev–Trinajstić information content (AvgIpc) is 2.59. The van der Waals surface area contributed by atoms with E-state index in [1.54, 1.807) is 19.2 Å². The lowest BCUT2D eigenvalue weighted by Gasteiger charge is -2.09. The van der Waals surface area contributed by atoms with E-state index in [4.69, 9.17) is 33.7 Å². The molecule has 0 aliphatic carbocycles. The third-order valence-corrected chi connectivity index (χ3v) is 3.07. The number of rotatable bonds is 2. The van der Waals surface area contributed by atoms with Gasteiger partial charge in [-0.15, -0.1) is 0 Å². The van der Waals surface area contributed by atoms with Crippen molar-refractivity contribution in [3.63, 3.8) is 0 Å². The molecular formula is C11H11Cl2N3O. The van der Waals surface area contributed by atoms with E-state index in [0.717, 1.165) is 11.3 Å². The lowest BCUT2D eigenvalue weighted by atomic mass is 10.1. The number of H-pyrrole nitrogens is 1. The van der Waals surface area contributed by atoms with E-state index in [0.29, 0.717) is 27.2 Å². The van der Waals surface area contributed by atoms with Crippen molar-refractivity contribution in [1.82, 2.24) is 10.2 Å². The maximum absolute atomic E-state index is 6.19. The molecule has 90 valence electrons. The number of halogens is 2. The Morgan fingerprint density at radius 2 is 1.82 bits per heavy atom. The smallest absolute Gasteiger partial charge is 0.127 e. The standard InChI is InChI=1S/C11H11Cl2N3O/c1-5-9(11(14)16-15-5)10-7(12)3-6(17-2)4-8(10)13/h3-4H,1-2H3,(H3,14,15,16). The largest absolute Gasteiger partial charge is 0.497 e. The molecule has 0 aliphatic rings. The van der Waals surface area contributed by atoms with Gasteiger partial charge in [-0.25, -0.2) is 0 Å². The minimum Gasteiger partial charge on any atom is -0.497 e. The van der Waals surface area contributed by atoms with E-state index in [9.17, 15) is 0 Å². The van der Waals surface area contributed by atoms with Crippen LogP contribution in [0.4, 0.5) is 5.82 Å². The Morgan fingerprint density at radius 3 is 2.24 bits per heavy atom. The minimum atomic E-state index is 0.441. The fraction of sp³-hybridized carbons (Fsp3) is 0.182. The summed E-state index contributed by atoms with van der Waals surface area (Å²) in [5.41, 5.74) is 7.95. The number of aryl methyl sites for hydroxylation is 1. The van der Waals surface area contributed by atoms with Crippen LogP contribution in [0.5, 0.6) is 5.75 Å². The van der Waals surface area contributed by atoms with Crippen molar-refractivity contribution in [2.75, 3.05) is 12.8 Å². The molecule has 0 amide bonds. The minimum absolute atomic E-state index is 0.441. The number of aromatic nitrogens is 2. The van der Waals surface area contributed by atoms with Crippen LogP contribution in [0.15, 0.2) is 12.1 Å². The van der Waals surface area contributed by atoms with Gasteiger partial charge in [-0.2, -0.15) is 5.10 Å². The van der Waals surface area contributed by atoms with Gasteiger partial charge in [-0.05, 0) is 19.1 Å². The number of nitrogens with two attached hydrogens (primary N) is 1. The first-order valence-electron chi connectivity index (χ1n) is 4.88. The second-order valence-corrected chi connectivity index (χ2v) is 4.38. The number of ether oxygens (including phenoxy) is 1. The van der Waals surface area contributed by atoms with Crippen LogP contribution in [0.25, 0.3) is 11.1 Å². The van der Waals surface area contributed by atoms with Gasteiger partial charge in [0.2, 0.25) is 0 Å².